The molecular weight excluding hydrogens is 350 g/mol. The Morgan fingerprint density at radius 2 is 0.964 bits per heavy atom. The van der Waals surface area contributed by atoms with Gasteiger partial charge in [0.1, 0.15) is 0 Å². The molecule has 0 saturated carbocycles. The van der Waals surface area contributed by atoms with E-state index in [1.807, 2.05) is 24.3 Å². The van der Waals surface area contributed by atoms with Gasteiger partial charge in [0, 0.05) is 11.4 Å². The highest BCUT2D eigenvalue weighted by atomic mass is 15.3. The Morgan fingerprint density at radius 3 is 1.29 bits per heavy atom. The van der Waals surface area contributed by atoms with Crippen LogP contribution < -0.4 is 21.9 Å². The molecule has 0 aliphatic heterocycles. The fourth-order valence-corrected chi connectivity index (χ4v) is 2.71. The minimum atomic E-state index is 0.276. The van der Waals surface area contributed by atoms with Crippen LogP contribution in [0.1, 0.15) is 50.7 Å². The molecule has 0 unspecified atom stereocenters. The van der Waals surface area contributed by atoms with Crippen LogP contribution >= 0.6 is 0 Å². The lowest BCUT2D eigenvalue weighted by Crippen LogP contribution is -2.13. The summed E-state index contributed by atoms with van der Waals surface area (Å²) in [7, 11) is 0. The molecule has 3 rings (SSSR count). The number of nitrogens with two attached hydrogens (primary N) is 1. The summed E-state index contributed by atoms with van der Waals surface area (Å²) in [5.74, 6) is 7.57. The fraction of sp³-hybridized carbons (Fsp3) is 0.286. The molecule has 0 aliphatic carbocycles. The topological polar surface area (TPSA) is 101 Å². The van der Waals surface area contributed by atoms with Gasteiger partial charge in [-0.05, 0) is 47.2 Å². The van der Waals surface area contributed by atoms with E-state index in [1.54, 1.807) is 0 Å². The summed E-state index contributed by atoms with van der Waals surface area (Å²) in [4.78, 5) is 13.0. The molecule has 0 saturated heterocycles. The van der Waals surface area contributed by atoms with Crippen molar-refractivity contribution in [3.63, 3.8) is 0 Å². The molecule has 0 radical (unpaired) electrons. The fourth-order valence-electron chi connectivity index (χ4n) is 2.71. The Labute approximate surface area is 165 Å². The number of nitrogens with zero attached hydrogens (tertiary/aromatic N) is 3. The van der Waals surface area contributed by atoms with Gasteiger partial charge in [-0.2, -0.15) is 15.0 Å². The van der Waals surface area contributed by atoms with Crippen molar-refractivity contribution in [1.29, 1.82) is 0 Å². The number of hydrogen-bond acceptors (Lipinski definition) is 7. The highest BCUT2D eigenvalue weighted by Crippen LogP contribution is 2.22. The normalized spacial score (nSPS) is 11.0. The summed E-state index contributed by atoms with van der Waals surface area (Å²) in [6.45, 7) is 8.66. The van der Waals surface area contributed by atoms with Crippen LogP contribution in [0.4, 0.5) is 29.2 Å². The van der Waals surface area contributed by atoms with Crippen LogP contribution in [0, 0.1) is 0 Å². The zero-order chi connectivity index (χ0) is 20.1. The van der Waals surface area contributed by atoms with Crippen LogP contribution in [0.2, 0.25) is 0 Å². The Kier molecular flexibility index (Phi) is 6.06. The van der Waals surface area contributed by atoms with Crippen molar-refractivity contribution in [3.05, 3.63) is 59.7 Å². The third kappa shape index (κ3) is 4.95. The number of aromatic nitrogens is 3. The van der Waals surface area contributed by atoms with Crippen molar-refractivity contribution in [2.45, 2.75) is 39.5 Å². The van der Waals surface area contributed by atoms with Crippen LogP contribution in [0.5, 0.6) is 0 Å². The predicted octanol–water partition coefficient (Wildman–Crippen LogP) is 4.89. The monoisotopic (exact) mass is 377 g/mol. The quantitative estimate of drug-likeness (QED) is 0.343. The van der Waals surface area contributed by atoms with Gasteiger partial charge in [-0.15, -0.1) is 0 Å². The smallest absolute Gasteiger partial charge is 0.243 e. The maximum atomic E-state index is 5.52. The first-order valence-electron chi connectivity index (χ1n) is 9.41. The summed E-state index contributed by atoms with van der Waals surface area (Å²) in [6.07, 6.45) is 0. The molecule has 3 aromatic rings. The molecule has 28 heavy (non-hydrogen) atoms. The third-order valence-corrected chi connectivity index (χ3v) is 4.43. The van der Waals surface area contributed by atoms with Gasteiger partial charge < -0.3 is 10.6 Å². The molecule has 146 valence electrons. The Morgan fingerprint density at radius 1 is 0.607 bits per heavy atom. The van der Waals surface area contributed by atoms with Gasteiger partial charge >= 0.3 is 0 Å². The van der Waals surface area contributed by atoms with E-state index >= 15 is 0 Å². The number of hydrogen-bond donors (Lipinski definition) is 4. The second kappa shape index (κ2) is 8.67. The van der Waals surface area contributed by atoms with E-state index in [0.29, 0.717) is 23.7 Å². The molecule has 5 N–H and O–H groups in total. The van der Waals surface area contributed by atoms with Crippen molar-refractivity contribution >= 4 is 29.2 Å². The van der Waals surface area contributed by atoms with Crippen molar-refractivity contribution in [2.24, 2.45) is 5.84 Å². The van der Waals surface area contributed by atoms with E-state index in [-0.39, 0.29) is 5.95 Å². The second-order valence-electron chi connectivity index (χ2n) is 7.25. The van der Waals surface area contributed by atoms with Gasteiger partial charge in [0.25, 0.3) is 0 Å². The van der Waals surface area contributed by atoms with Crippen LogP contribution in [0.3, 0.4) is 0 Å². The largest absolute Gasteiger partial charge is 0.324 e. The molecule has 2 aromatic carbocycles. The predicted molar refractivity (Wildman–Crippen MR) is 115 cm³/mol. The summed E-state index contributed by atoms with van der Waals surface area (Å²) in [5.41, 5.74) is 6.83. The lowest BCUT2D eigenvalue weighted by atomic mass is 10.0. The highest BCUT2D eigenvalue weighted by molar-refractivity contribution is 5.59. The molecule has 0 bridgehead atoms. The van der Waals surface area contributed by atoms with Gasteiger partial charge in [0.05, 0.1) is 0 Å². The summed E-state index contributed by atoms with van der Waals surface area (Å²) < 4.78 is 0. The number of benzene rings is 2. The van der Waals surface area contributed by atoms with E-state index in [9.17, 15) is 0 Å². The molecule has 0 amide bonds. The van der Waals surface area contributed by atoms with Gasteiger partial charge in [-0.1, -0.05) is 52.0 Å². The summed E-state index contributed by atoms with van der Waals surface area (Å²) in [5, 5.41) is 6.39. The minimum Gasteiger partial charge on any atom is -0.324 e. The van der Waals surface area contributed by atoms with Crippen molar-refractivity contribution in [3.8, 4) is 0 Å². The minimum absolute atomic E-state index is 0.276. The number of rotatable bonds is 7. The third-order valence-electron chi connectivity index (χ3n) is 4.43. The first kappa shape index (κ1) is 19.6. The van der Waals surface area contributed by atoms with E-state index in [2.05, 4.69) is 83.0 Å². The summed E-state index contributed by atoms with van der Waals surface area (Å²) >= 11 is 0. The summed E-state index contributed by atoms with van der Waals surface area (Å²) in [6, 6.07) is 16.4. The molecule has 0 spiro atoms. The standard InChI is InChI=1S/C21H27N7/c1-13(2)15-5-9-17(10-6-15)23-19-25-20(27-21(26-19)28-22)24-18-11-7-16(8-12-18)14(3)4/h5-14H,22H2,1-4H3,(H3,23,24,25,26,27,28). The zero-order valence-electron chi connectivity index (χ0n) is 16.7. The first-order valence-corrected chi connectivity index (χ1v) is 9.41. The molecule has 0 aliphatic rings. The number of hydrazine groups is 1. The van der Waals surface area contributed by atoms with E-state index < -0.39 is 0 Å². The molecule has 1 aromatic heterocycles. The number of anilines is 5. The average molecular weight is 377 g/mol. The lowest BCUT2D eigenvalue weighted by Gasteiger charge is -2.12. The van der Waals surface area contributed by atoms with Gasteiger partial charge in [-0.3, -0.25) is 5.43 Å². The van der Waals surface area contributed by atoms with Crippen molar-refractivity contribution in [1.82, 2.24) is 15.0 Å². The van der Waals surface area contributed by atoms with Crippen LogP contribution in [-0.2, 0) is 0 Å². The van der Waals surface area contributed by atoms with E-state index in [4.69, 9.17) is 5.84 Å². The maximum Gasteiger partial charge on any atom is 0.243 e. The Bertz CT molecular complexity index is 831. The molecule has 7 heteroatoms. The lowest BCUT2D eigenvalue weighted by molar-refractivity contribution is 0.867. The van der Waals surface area contributed by atoms with Crippen molar-refractivity contribution < 1.29 is 0 Å². The Hall–Kier alpha value is -3.19. The average Bonchev–Trinajstić information content (AvgIpc) is 2.68. The first-order chi connectivity index (χ1) is 13.4. The molecule has 0 fully saturated rings. The van der Waals surface area contributed by atoms with Gasteiger partial charge in [-0.25, -0.2) is 5.84 Å². The van der Waals surface area contributed by atoms with Crippen molar-refractivity contribution in [2.75, 3.05) is 16.1 Å². The molecule has 0 atom stereocenters. The van der Waals surface area contributed by atoms with Crippen LogP contribution in [0.15, 0.2) is 48.5 Å². The second-order valence-corrected chi connectivity index (χ2v) is 7.25. The number of nitrogens with one attached hydrogen (secondary N) is 3. The maximum absolute atomic E-state index is 5.52. The van der Waals surface area contributed by atoms with E-state index in [1.165, 1.54) is 11.1 Å². The van der Waals surface area contributed by atoms with Crippen LogP contribution in [-0.4, -0.2) is 15.0 Å². The highest BCUT2D eigenvalue weighted by Gasteiger charge is 2.08. The number of nitrogen functional groups attached to an aromatic ring is 1. The van der Waals surface area contributed by atoms with Gasteiger partial charge in [0.15, 0.2) is 0 Å². The Balaban J connectivity index is 1.79. The zero-order valence-corrected chi connectivity index (χ0v) is 16.7. The molecule has 7 nitrogen and oxygen atoms in total. The SMILES string of the molecule is CC(C)c1ccc(Nc2nc(NN)nc(Nc3ccc(C(C)C)cc3)n2)cc1. The molecule has 1 heterocycles. The molecular formula is C21H27N7. The van der Waals surface area contributed by atoms with Crippen LogP contribution in [0.25, 0.3) is 0 Å². The van der Waals surface area contributed by atoms with Gasteiger partial charge in [0.2, 0.25) is 17.8 Å². The van der Waals surface area contributed by atoms with E-state index in [0.717, 1.165) is 11.4 Å².